The molecule has 0 spiro atoms. The van der Waals surface area contributed by atoms with Crippen LogP contribution in [0.3, 0.4) is 0 Å². The van der Waals surface area contributed by atoms with Crippen molar-refractivity contribution in [2.24, 2.45) is 0 Å². The minimum absolute atomic E-state index is 0.472. The lowest BCUT2D eigenvalue weighted by Gasteiger charge is -2.38. The highest BCUT2D eigenvalue weighted by Gasteiger charge is 2.32. The second-order valence-electron chi connectivity index (χ2n) is 7.76. The van der Waals surface area contributed by atoms with Crippen molar-refractivity contribution in [3.63, 3.8) is 0 Å². The van der Waals surface area contributed by atoms with Crippen molar-refractivity contribution in [1.82, 2.24) is 9.88 Å². The summed E-state index contributed by atoms with van der Waals surface area (Å²) in [6.07, 6.45) is 3.39. The summed E-state index contributed by atoms with van der Waals surface area (Å²) in [5, 5.41) is 22.0. The third kappa shape index (κ3) is 5.04. The molecule has 0 radical (unpaired) electrons. The summed E-state index contributed by atoms with van der Waals surface area (Å²) < 4.78 is 0. The van der Waals surface area contributed by atoms with E-state index in [9.17, 15) is 19.5 Å². The van der Waals surface area contributed by atoms with Gasteiger partial charge in [-0.3, -0.25) is 14.5 Å². The quantitative estimate of drug-likeness (QED) is 0.410. The molecule has 3 aromatic rings. The van der Waals surface area contributed by atoms with Crippen molar-refractivity contribution in [1.29, 1.82) is 0 Å². The molecule has 9 heteroatoms. The number of nitrogens with one attached hydrogen (secondary N) is 2. The lowest BCUT2D eigenvalue weighted by molar-refractivity contribution is -0.143. The summed E-state index contributed by atoms with van der Waals surface area (Å²) in [6.45, 7) is 2.69. The van der Waals surface area contributed by atoms with Gasteiger partial charge < -0.3 is 25.4 Å². The number of benzene rings is 2. The zero-order valence-corrected chi connectivity index (χ0v) is 17.8. The summed E-state index contributed by atoms with van der Waals surface area (Å²) in [4.78, 5) is 41.9. The van der Waals surface area contributed by atoms with E-state index < -0.39 is 23.9 Å². The molecule has 2 aromatic carbocycles. The van der Waals surface area contributed by atoms with Crippen LogP contribution in [0.5, 0.6) is 0 Å². The van der Waals surface area contributed by atoms with E-state index in [0.717, 1.165) is 36.3 Å². The number of amides is 1. The van der Waals surface area contributed by atoms with Gasteiger partial charge in [-0.1, -0.05) is 24.3 Å². The molecule has 33 heavy (non-hydrogen) atoms. The van der Waals surface area contributed by atoms with Crippen LogP contribution in [-0.2, 0) is 14.4 Å². The predicted molar refractivity (Wildman–Crippen MR) is 124 cm³/mol. The number of aliphatic carboxylic acids is 2. The number of carbonyl (C=O) groups excluding carboxylic acids is 1. The summed E-state index contributed by atoms with van der Waals surface area (Å²) >= 11 is 0. The highest BCUT2D eigenvalue weighted by atomic mass is 16.4. The number of piperazine rings is 1. The first-order valence-corrected chi connectivity index (χ1v) is 10.5. The smallest absolute Gasteiger partial charge is 0.328 e. The maximum Gasteiger partial charge on any atom is 0.328 e. The Kier molecular flexibility index (Phi) is 6.41. The number of aromatic nitrogens is 1. The highest BCUT2D eigenvalue weighted by molar-refractivity contribution is 6.03. The molecule has 0 bridgehead atoms. The number of carboxylic acids is 2. The molecule has 4 N–H and O–H groups in total. The maximum absolute atomic E-state index is 12.2. The maximum atomic E-state index is 12.2. The van der Waals surface area contributed by atoms with Gasteiger partial charge in [0.15, 0.2) is 0 Å². The van der Waals surface area contributed by atoms with Crippen molar-refractivity contribution >= 4 is 40.1 Å². The Hall–Kier alpha value is -4.11. The van der Waals surface area contributed by atoms with Gasteiger partial charge in [-0.2, -0.15) is 0 Å². The van der Waals surface area contributed by atoms with Gasteiger partial charge >= 0.3 is 11.9 Å². The van der Waals surface area contributed by atoms with Crippen molar-refractivity contribution < 1.29 is 24.6 Å². The fraction of sp³-hybridized carbons (Fsp3) is 0.208. The Morgan fingerprint density at radius 2 is 1.70 bits per heavy atom. The van der Waals surface area contributed by atoms with Crippen LogP contribution in [-0.4, -0.2) is 64.1 Å². The van der Waals surface area contributed by atoms with Gasteiger partial charge in [0.2, 0.25) is 5.91 Å². The molecule has 1 saturated heterocycles. The number of hydrogen-bond donors (Lipinski definition) is 4. The zero-order chi connectivity index (χ0) is 23.4. The summed E-state index contributed by atoms with van der Waals surface area (Å²) in [5.74, 6) is -2.69. The van der Waals surface area contributed by atoms with E-state index in [2.05, 4.69) is 27.3 Å². The molecule has 0 unspecified atom stereocenters. The van der Waals surface area contributed by atoms with Crippen LogP contribution in [0.15, 0.2) is 66.9 Å². The Morgan fingerprint density at radius 3 is 2.36 bits per heavy atom. The Morgan fingerprint density at radius 1 is 0.970 bits per heavy atom. The number of nitrogens with zero attached hydrogens (tertiary/aromatic N) is 2. The fourth-order valence-corrected chi connectivity index (χ4v) is 4.15. The van der Waals surface area contributed by atoms with Crippen molar-refractivity contribution in [2.75, 3.05) is 36.4 Å². The van der Waals surface area contributed by atoms with Gasteiger partial charge in [-0.15, -0.1) is 0 Å². The van der Waals surface area contributed by atoms with E-state index in [-0.39, 0.29) is 0 Å². The molecule has 9 nitrogen and oxygen atoms in total. The molecular formula is C24H24N4O5. The van der Waals surface area contributed by atoms with Gasteiger partial charge in [0.25, 0.3) is 0 Å². The number of carboxylic acid groups (broad SMARTS) is 2. The summed E-state index contributed by atoms with van der Waals surface area (Å²) in [7, 11) is 0. The SMILES string of the molecule is O=C(O)/C=C/C(=O)Nc1ccc2c([C@@H](C(=O)O)N3CCN(c4ccccc4)CC3)c[nH]c2c1. The normalized spacial score (nSPS) is 15.6. The first-order valence-electron chi connectivity index (χ1n) is 10.5. The zero-order valence-electron chi connectivity index (χ0n) is 17.8. The van der Waals surface area contributed by atoms with E-state index in [1.807, 2.05) is 23.1 Å². The number of aromatic amines is 1. The topological polar surface area (TPSA) is 126 Å². The van der Waals surface area contributed by atoms with Gasteiger partial charge in [0.05, 0.1) is 0 Å². The van der Waals surface area contributed by atoms with Gasteiger partial charge in [0, 0.05) is 72.4 Å². The lowest BCUT2D eigenvalue weighted by atomic mass is 10.0. The first-order chi connectivity index (χ1) is 15.9. The Labute approximate surface area is 189 Å². The highest BCUT2D eigenvalue weighted by Crippen LogP contribution is 2.31. The Bertz CT molecular complexity index is 1200. The Balaban J connectivity index is 1.51. The predicted octanol–water partition coefficient (Wildman–Crippen LogP) is 2.70. The number of rotatable bonds is 7. The van der Waals surface area contributed by atoms with Crippen LogP contribution in [0.2, 0.25) is 0 Å². The third-order valence-electron chi connectivity index (χ3n) is 5.69. The molecule has 2 heterocycles. The molecule has 0 aliphatic carbocycles. The molecule has 0 saturated carbocycles. The minimum atomic E-state index is -1.21. The number of carbonyl (C=O) groups is 3. The monoisotopic (exact) mass is 448 g/mol. The van der Waals surface area contributed by atoms with Crippen molar-refractivity contribution in [3.8, 4) is 0 Å². The molecule has 1 aliphatic heterocycles. The van der Waals surface area contributed by atoms with Gasteiger partial charge in [0.1, 0.15) is 6.04 Å². The van der Waals surface area contributed by atoms with Crippen LogP contribution in [0.25, 0.3) is 10.9 Å². The number of para-hydroxylation sites is 1. The molecule has 1 aromatic heterocycles. The standard InChI is InChI=1S/C24H24N4O5/c29-21(8-9-22(30)31)26-16-6-7-18-19(15-25-20(18)14-16)23(24(32)33)28-12-10-27(11-13-28)17-4-2-1-3-5-17/h1-9,14-15,23,25H,10-13H2,(H,26,29)(H,30,31)(H,32,33)/b9-8+/t23-/m0/s1. The minimum Gasteiger partial charge on any atom is -0.480 e. The molecule has 170 valence electrons. The molecule has 1 atom stereocenters. The second kappa shape index (κ2) is 9.58. The van der Waals surface area contributed by atoms with Crippen molar-refractivity contribution in [3.05, 3.63) is 72.4 Å². The van der Waals surface area contributed by atoms with Crippen LogP contribution in [0, 0.1) is 0 Å². The fourth-order valence-electron chi connectivity index (χ4n) is 4.15. The third-order valence-corrected chi connectivity index (χ3v) is 5.69. The van der Waals surface area contributed by atoms with E-state index in [1.54, 1.807) is 24.4 Å². The van der Waals surface area contributed by atoms with E-state index in [4.69, 9.17) is 5.11 Å². The molecule has 4 rings (SSSR count). The van der Waals surface area contributed by atoms with Crippen LogP contribution in [0.4, 0.5) is 11.4 Å². The van der Waals surface area contributed by atoms with Crippen LogP contribution < -0.4 is 10.2 Å². The largest absolute Gasteiger partial charge is 0.480 e. The van der Waals surface area contributed by atoms with Crippen LogP contribution in [0.1, 0.15) is 11.6 Å². The lowest BCUT2D eigenvalue weighted by Crippen LogP contribution is -2.49. The average Bonchev–Trinajstić information content (AvgIpc) is 3.21. The number of fused-ring (bicyclic) bond motifs is 1. The van der Waals surface area contributed by atoms with E-state index in [1.165, 1.54) is 0 Å². The second-order valence-corrected chi connectivity index (χ2v) is 7.76. The van der Waals surface area contributed by atoms with Crippen molar-refractivity contribution in [2.45, 2.75) is 6.04 Å². The number of hydrogen-bond acceptors (Lipinski definition) is 5. The van der Waals surface area contributed by atoms with Gasteiger partial charge in [-0.05, 0) is 24.3 Å². The average molecular weight is 448 g/mol. The summed E-state index contributed by atoms with van der Waals surface area (Å²) in [6, 6.07) is 14.4. The van der Waals surface area contributed by atoms with E-state index >= 15 is 0 Å². The molecule has 1 aliphatic rings. The first kappa shape index (κ1) is 22.1. The van der Waals surface area contributed by atoms with E-state index in [0.29, 0.717) is 29.9 Å². The molecule has 1 fully saturated rings. The van der Waals surface area contributed by atoms with Crippen LogP contribution >= 0.6 is 0 Å². The number of anilines is 2. The molecule has 1 amide bonds. The number of H-pyrrole nitrogens is 1. The summed E-state index contributed by atoms with van der Waals surface area (Å²) in [5.41, 5.74) is 2.94. The molecular weight excluding hydrogens is 424 g/mol. The van der Waals surface area contributed by atoms with Gasteiger partial charge in [-0.25, -0.2) is 4.79 Å².